The minimum atomic E-state index is 0.271. The first-order chi connectivity index (χ1) is 8.67. The van der Waals surface area contributed by atoms with E-state index in [1.165, 1.54) is 0 Å². The van der Waals surface area contributed by atoms with Gasteiger partial charge in [-0.2, -0.15) is 5.10 Å². The largest absolute Gasteiger partial charge is 0.381 e. The van der Waals surface area contributed by atoms with E-state index in [-0.39, 0.29) is 5.41 Å². The molecule has 0 radical (unpaired) electrons. The normalized spacial score (nSPS) is 19.3. The van der Waals surface area contributed by atoms with Crippen molar-refractivity contribution in [3.05, 3.63) is 12.2 Å². The predicted octanol–water partition coefficient (Wildman–Crippen LogP) is 1.42. The molecular formula is C13H24N4O. The average Bonchev–Trinajstić information content (AvgIpc) is 2.78. The number of hydrogen-bond donors (Lipinski definition) is 1. The van der Waals surface area contributed by atoms with Crippen molar-refractivity contribution < 1.29 is 4.74 Å². The number of nitrogens with zero attached hydrogens (tertiary/aromatic N) is 3. The van der Waals surface area contributed by atoms with Gasteiger partial charge in [0.05, 0.1) is 0 Å². The number of nitrogens with one attached hydrogen (secondary N) is 1. The highest BCUT2D eigenvalue weighted by atomic mass is 16.5. The van der Waals surface area contributed by atoms with Gasteiger partial charge in [0.25, 0.3) is 0 Å². The van der Waals surface area contributed by atoms with Gasteiger partial charge in [0, 0.05) is 32.2 Å². The summed E-state index contributed by atoms with van der Waals surface area (Å²) < 4.78 is 7.53. The van der Waals surface area contributed by atoms with E-state index >= 15 is 0 Å². The first-order valence-corrected chi connectivity index (χ1v) is 6.78. The van der Waals surface area contributed by atoms with Gasteiger partial charge in [-0.05, 0) is 39.2 Å². The molecule has 18 heavy (non-hydrogen) atoms. The van der Waals surface area contributed by atoms with Crippen LogP contribution in [0.1, 0.15) is 38.6 Å². The Bertz CT molecular complexity index is 363. The van der Waals surface area contributed by atoms with Gasteiger partial charge in [0.15, 0.2) is 0 Å². The van der Waals surface area contributed by atoms with Crippen LogP contribution in [0.5, 0.6) is 0 Å². The maximum Gasteiger partial charge on any atom is 0.138 e. The van der Waals surface area contributed by atoms with Gasteiger partial charge in [-0.15, -0.1) is 0 Å². The molecule has 2 rings (SSSR count). The summed E-state index contributed by atoms with van der Waals surface area (Å²) in [5.74, 6) is 1.10. The Morgan fingerprint density at radius 2 is 2.17 bits per heavy atom. The third kappa shape index (κ3) is 2.90. The Morgan fingerprint density at radius 3 is 2.78 bits per heavy atom. The van der Waals surface area contributed by atoms with Crippen molar-refractivity contribution in [3.8, 4) is 0 Å². The molecule has 0 atom stereocenters. The van der Waals surface area contributed by atoms with Crippen molar-refractivity contribution >= 4 is 0 Å². The van der Waals surface area contributed by atoms with E-state index < -0.39 is 0 Å². The molecule has 5 heteroatoms. The van der Waals surface area contributed by atoms with Gasteiger partial charge < -0.3 is 10.1 Å². The fourth-order valence-electron chi connectivity index (χ4n) is 2.76. The standard InChI is InChI=1S/C13H24N4O/c1-11(2)17-12(15-10-16-17)8-13(9-14-3)4-6-18-7-5-13/h10-11,14H,4-9H2,1-3H3. The van der Waals surface area contributed by atoms with Crippen LogP contribution < -0.4 is 5.32 Å². The molecule has 0 unspecified atom stereocenters. The van der Waals surface area contributed by atoms with Crippen molar-refractivity contribution in [2.75, 3.05) is 26.8 Å². The van der Waals surface area contributed by atoms with Crippen molar-refractivity contribution in [2.45, 2.75) is 39.2 Å². The second-order valence-corrected chi connectivity index (χ2v) is 5.53. The first-order valence-electron chi connectivity index (χ1n) is 6.78. The van der Waals surface area contributed by atoms with E-state index in [1.807, 2.05) is 11.7 Å². The molecule has 1 aromatic rings. The van der Waals surface area contributed by atoms with Crippen molar-refractivity contribution in [1.29, 1.82) is 0 Å². The number of hydrogen-bond acceptors (Lipinski definition) is 4. The van der Waals surface area contributed by atoms with Crippen LogP contribution >= 0.6 is 0 Å². The van der Waals surface area contributed by atoms with Crippen LogP contribution in [0.15, 0.2) is 6.33 Å². The Labute approximate surface area is 109 Å². The molecule has 1 saturated heterocycles. The van der Waals surface area contributed by atoms with E-state index in [9.17, 15) is 0 Å². The molecule has 2 heterocycles. The van der Waals surface area contributed by atoms with Crippen LogP contribution in [0.4, 0.5) is 0 Å². The minimum Gasteiger partial charge on any atom is -0.381 e. The monoisotopic (exact) mass is 252 g/mol. The van der Waals surface area contributed by atoms with Crippen molar-refractivity contribution in [1.82, 2.24) is 20.1 Å². The summed E-state index contributed by atoms with van der Waals surface area (Å²) in [6.07, 6.45) is 4.84. The molecule has 1 N–H and O–H groups in total. The van der Waals surface area contributed by atoms with Gasteiger partial charge in [0.2, 0.25) is 0 Å². The Hall–Kier alpha value is -0.940. The molecule has 0 amide bonds. The van der Waals surface area contributed by atoms with Crippen LogP contribution in [0.25, 0.3) is 0 Å². The van der Waals surface area contributed by atoms with Gasteiger partial charge >= 0.3 is 0 Å². The summed E-state index contributed by atoms with van der Waals surface area (Å²) >= 11 is 0. The van der Waals surface area contributed by atoms with Crippen LogP contribution in [-0.2, 0) is 11.2 Å². The summed E-state index contributed by atoms with van der Waals surface area (Å²) in [5, 5.41) is 7.65. The van der Waals surface area contributed by atoms with Crippen LogP contribution in [0.2, 0.25) is 0 Å². The molecule has 0 saturated carbocycles. The fourth-order valence-corrected chi connectivity index (χ4v) is 2.76. The van der Waals surface area contributed by atoms with Gasteiger partial charge in [0.1, 0.15) is 12.2 Å². The summed E-state index contributed by atoms with van der Waals surface area (Å²) in [6, 6.07) is 0.369. The third-order valence-electron chi connectivity index (χ3n) is 3.77. The summed E-state index contributed by atoms with van der Waals surface area (Å²) in [6.45, 7) is 7.02. The maximum absolute atomic E-state index is 5.50. The molecule has 0 aromatic carbocycles. The first kappa shape index (κ1) is 13.5. The molecular weight excluding hydrogens is 228 g/mol. The summed E-state index contributed by atoms with van der Waals surface area (Å²) in [4.78, 5) is 4.44. The molecule has 1 fully saturated rings. The van der Waals surface area contributed by atoms with E-state index in [0.717, 1.165) is 44.8 Å². The van der Waals surface area contributed by atoms with Gasteiger partial charge in [-0.3, -0.25) is 0 Å². The fraction of sp³-hybridized carbons (Fsp3) is 0.846. The summed E-state index contributed by atoms with van der Waals surface area (Å²) in [5.41, 5.74) is 0.271. The quantitative estimate of drug-likeness (QED) is 0.861. The van der Waals surface area contributed by atoms with E-state index in [0.29, 0.717) is 6.04 Å². The topological polar surface area (TPSA) is 52.0 Å². The Kier molecular flexibility index (Phi) is 4.35. The maximum atomic E-state index is 5.50. The van der Waals surface area contributed by atoms with Gasteiger partial charge in [-0.25, -0.2) is 9.67 Å². The summed E-state index contributed by atoms with van der Waals surface area (Å²) in [7, 11) is 2.02. The molecule has 0 bridgehead atoms. The van der Waals surface area contributed by atoms with E-state index in [4.69, 9.17) is 4.74 Å². The predicted molar refractivity (Wildman–Crippen MR) is 70.5 cm³/mol. The Morgan fingerprint density at radius 1 is 1.44 bits per heavy atom. The molecule has 5 nitrogen and oxygen atoms in total. The van der Waals surface area contributed by atoms with Crippen molar-refractivity contribution in [2.24, 2.45) is 5.41 Å². The highest BCUT2D eigenvalue weighted by molar-refractivity contribution is 4.97. The lowest BCUT2D eigenvalue weighted by Crippen LogP contribution is -2.40. The Balaban J connectivity index is 2.15. The zero-order chi connectivity index (χ0) is 13.0. The highest BCUT2D eigenvalue weighted by Crippen LogP contribution is 2.33. The SMILES string of the molecule is CNCC1(Cc2ncnn2C(C)C)CCOCC1. The molecule has 0 aliphatic carbocycles. The lowest BCUT2D eigenvalue weighted by molar-refractivity contribution is 0.0143. The minimum absolute atomic E-state index is 0.271. The smallest absolute Gasteiger partial charge is 0.138 e. The molecule has 102 valence electrons. The molecule has 1 aliphatic rings. The average molecular weight is 252 g/mol. The molecule has 1 aliphatic heterocycles. The lowest BCUT2D eigenvalue weighted by Gasteiger charge is -2.37. The second kappa shape index (κ2) is 5.80. The molecule has 0 spiro atoms. The van der Waals surface area contributed by atoms with Gasteiger partial charge in [-0.1, -0.05) is 0 Å². The van der Waals surface area contributed by atoms with Crippen LogP contribution in [0.3, 0.4) is 0 Å². The van der Waals surface area contributed by atoms with E-state index in [2.05, 4.69) is 29.2 Å². The molecule has 1 aromatic heterocycles. The van der Waals surface area contributed by atoms with E-state index in [1.54, 1.807) is 6.33 Å². The lowest BCUT2D eigenvalue weighted by atomic mass is 9.77. The highest BCUT2D eigenvalue weighted by Gasteiger charge is 2.33. The zero-order valence-electron chi connectivity index (χ0n) is 11.6. The van der Waals surface area contributed by atoms with Crippen LogP contribution in [0, 0.1) is 5.41 Å². The second-order valence-electron chi connectivity index (χ2n) is 5.53. The third-order valence-corrected chi connectivity index (χ3v) is 3.77. The van der Waals surface area contributed by atoms with Crippen molar-refractivity contribution in [3.63, 3.8) is 0 Å². The zero-order valence-corrected chi connectivity index (χ0v) is 11.6. The van der Waals surface area contributed by atoms with Crippen LogP contribution in [-0.4, -0.2) is 41.6 Å². The number of ether oxygens (including phenoxy) is 1. The number of rotatable bonds is 5. The number of aromatic nitrogens is 3.